The molecule has 0 saturated heterocycles. The molecule has 1 rings (SSSR count). The van der Waals surface area contributed by atoms with Crippen LogP contribution >= 0.6 is 0 Å². The smallest absolute Gasteiger partial charge is 0.407 e. The van der Waals surface area contributed by atoms with Gasteiger partial charge in [-0.3, -0.25) is 0 Å². The monoisotopic (exact) mass is 296 g/mol. The summed E-state index contributed by atoms with van der Waals surface area (Å²) in [5.41, 5.74) is -0.470. The van der Waals surface area contributed by atoms with E-state index in [2.05, 4.69) is 27.1 Å². The molecule has 0 fully saturated rings. The van der Waals surface area contributed by atoms with Gasteiger partial charge in [0.15, 0.2) is 0 Å². The highest BCUT2D eigenvalue weighted by atomic mass is 16.6. The maximum absolute atomic E-state index is 11.6. The van der Waals surface area contributed by atoms with E-state index in [9.17, 15) is 4.79 Å². The second kappa shape index (κ2) is 8.02. The van der Waals surface area contributed by atoms with Gasteiger partial charge in [0.25, 0.3) is 0 Å². The van der Waals surface area contributed by atoms with Crippen LogP contribution in [0.3, 0.4) is 0 Å². The Balaban J connectivity index is 2.28. The minimum atomic E-state index is -0.470. The molecule has 0 aliphatic rings. The Morgan fingerprint density at radius 1 is 1.48 bits per heavy atom. The van der Waals surface area contributed by atoms with Gasteiger partial charge in [-0.2, -0.15) is 0 Å². The van der Waals surface area contributed by atoms with E-state index in [-0.39, 0.29) is 12.1 Å². The number of rotatable bonds is 7. The van der Waals surface area contributed by atoms with Crippen molar-refractivity contribution in [2.45, 2.75) is 65.8 Å². The van der Waals surface area contributed by atoms with E-state index < -0.39 is 5.60 Å². The van der Waals surface area contributed by atoms with Crippen LogP contribution in [0.2, 0.25) is 0 Å². The Kier molecular flexibility index (Phi) is 6.68. The summed E-state index contributed by atoms with van der Waals surface area (Å²) in [6.45, 7) is 12.0. The highest BCUT2D eigenvalue weighted by Gasteiger charge is 2.17. The summed E-state index contributed by atoms with van der Waals surface area (Å²) in [6.07, 6.45) is 4.50. The average Bonchev–Trinajstić information content (AvgIpc) is 2.74. The van der Waals surface area contributed by atoms with Crippen molar-refractivity contribution in [3.05, 3.63) is 18.2 Å². The number of alkyl carbamates (subject to hydrolysis) is 1. The predicted molar refractivity (Wildman–Crippen MR) is 83.1 cm³/mol. The van der Waals surface area contributed by atoms with Crippen LogP contribution in [0.25, 0.3) is 0 Å². The molecule has 1 amide bonds. The molecule has 0 bridgehead atoms. The van der Waals surface area contributed by atoms with Gasteiger partial charge < -0.3 is 19.9 Å². The van der Waals surface area contributed by atoms with E-state index in [1.54, 1.807) is 0 Å². The van der Waals surface area contributed by atoms with Gasteiger partial charge in [0.05, 0.1) is 6.54 Å². The number of imidazole rings is 1. The Labute approximate surface area is 127 Å². The quantitative estimate of drug-likeness (QED) is 0.810. The maximum atomic E-state index is 11.6. The molecule has 0 aromatic carbocycles. The van der Waals surface area contributed by atoms with Crippen LogP contribution in [0.5, 0.6) is 0 Å². The number of aromatic nitrogens is 2. The average molecular weight is 296 g/mol. The van der Waals surface area contributed by atoms with Crippen molar-refractivity contribution in [1.82, 2.24) is 20.2 Å². The third kappa shape index (κ3) is 7.13. The first-order valence-electron chi connectivity index (χ1n) is 7.52. The first-order valence-corrected chi connectivity index (χ1v) is 7.52. The molecule has 1 heterocycles. The number of ether oxygens (including phenoxy) is 1. The van der Waals surface area contributed by atoms with E-state index in [4.69, 9.17) is 4.74 Å². The van der Waals surface area contributed by atoms with E-state index in [0.29, 0.717) is 13.1 Å². The highest BCUT2D eigenvalue weighted by molar-refractivity contribution is 5.68. The standard InChI is InChI=1S/C15H28N4O2/c1-6-8-19-9-7-17-13(19)11-16-10-12(2)18-14(20)21-15(3,4)5/h7,9,12,16H,6,8,10-11H2,1-5H3,(H,18,20). The van der Waals surface area contributed by atoms with E-state index in [0.717, 1.165) is 18.8 Å². The van der Waals surface area contributed by atoms with Crippen molar-refractivity contribution in [2.75, 3.05) is 6.54 Å². The topological polar surface area (TPSA) is 68.2 Å². The van der Waals surface area contributed by atoms with Crippen molar-refractivity contribution in [3.63, 3.8) is 0 Å². The van der Waals surface area contributed by atoms with Crippen molar-refractivity contribution >= 4 is 6.09 Å². The number of nitrogens with one attached hydrogen (secondary N) is 2. The SMILES string of the molecule is CCCn1ccnc1CNCC(C)NC(=O)OC(C)(C)C. The summed E-state index contributed by atoms with van der Waals surface area (Å²) in [6, 6.07) is -0.00515. The molecule has 0 aliphatic carbocycles. The van der Waals surface area contributed by atoms with Gasteiger partial charge >= 0.3 is 6.09 Å². The number of hydrogen-bond acceptors (Lipinski definition) is 4. The molecule has 21 heavy (non-hydrogen) atoms. The summed E-state index contributed by atoms with van der Waals surface area (Å²) in [7, 11) is 0. The van der Waals surface area contributed by atoms with Gasteiger partial charge in [0.1, 0.15) is 11.4 Å². The normalized spacial score (nSPS) is 13.0. The molecule has 0 saturated carbocycles. The second-order valence-corrected chi connectivity index (χ2v) is 6.22. The minimum Gasteiger partial charge on any atom is -0.444 e. The molecule has 120 valence electrons. The van der Waals surface area contributed by atoms with Crippen molar-refractivity contribution in [3.8, 4) is 0 Å². The molecule has 6 heteroatoms. The molecule has 1 unspecified atom stereocenters. The number of carbonyl (C=O) groups excluding carboxylic acids is 1. The van der Waals surface area contributed by atoms with Crippen LogP contribution in [0.1, 0.15) is 46.9 Å². The largest absolute Gasteiger partial charge is 0.444 e. The van der Waals surface area contributed by atoms with Crippen LogP contribution in [0.4, 0.5) is 4.79 Å². The molecule has 0 radical (unpaired) electrons. The van der Waals surface area contributed by atoms with Crippen LogP contribution < -0.4 is 10.6 Å². The lowest BCUT2D eigenvalue weighted by Crippen LogP contribution is -2.42. The minimum absolute atomic E-state index is 0.00515. The molecule has 0 aliphatic heterocycles. The van der Waals surface area contributed by atoms with Gasteiger partial charge in [-0.1, -0.05) is 6.92 Å². The van der Waals surface area contributed by atoms with Crippen molar-refractivity contribution < 1.29 is 9.53 Å². The zero-order valence-electron chi connectivity index (χ0n) is 13.8. The van der Waals surface area contributed by atoms with Gasteiger partial charge in [0.2, 0.25) is 0 Å². The maximum Gasteiger partial charge on any atom is 0.407 e. The number of aryl methyl sites for hydroxylation is 1. The number of carbonyl (C=O) groups is 1. The van der Waals surface area contributed by atoms with Gasteiger partial charge in [-0.25, -0.2) is 9.78 Å². The van der Waals surface area contributed by atoms with E-state index in [1.165, 1.54) is 0 Å². The van der Waals surface area contributed by atoms with E-state index >= 15 is 0 Å². The fraction of sp³-hybridized carbons (Fsp3) is 0.733. The summed E-state index contributed by atoms with van der Waals surface area (Å²) < 4.78 is 7.36. The molecular weight excluding hydrogens is 268 g/mol. The summed E-state index contributed by atoms with van der Waals surface area (Å²) in [4.78, 5) is 16.0. The third-order valence-electron chi connectivity index (χ3n) is 2.76. The summed E-state index contributed by atoms with van der Waals surface area (Å²) >= 11 is 0. The zero-order valence-corrected chi connectivity index (χ0v) is 13.8. The fourth-order valence-corrected chi connectivity index (χ4v) is 1.91. The van der Waals surface area contributed by atoms with Gasteiger partial charge in [-0.15, -0.1) is 0 Å². The molecule has 6 nitrogen and oxygen atoms in total. The number of nitrogens with zero attached hydrogens (tertiary/aromatic N) is 2. The highest BCUT2D eigenvalue weighted by Crippen LogP contribution is 2.06. The molecule has 0 spiro atoms. The van der Waals surface area contributed by atoms with Crippen molar-refractivity contribution in [2.24, 2.45) is 0 Å². The Hall–Kier alpha value is -1.56. The van der Waals surface area contributed by atoms with Crippen LogP contribution in [-0.2, 0) is 17.8 Å². The first kappa shape index (κ1) is 17.5. The molecular formula is C15H28N4O2. The fourth-order valence-electron chi connectivity index (χ4n) is 1.91. The van der Waals surface area contributed by atoms with Gasteiger partial charge in [0, 0.05) is 31.5 Å². The van der Waals surface area contributed by atoms with Crippen molar-refractivity contribution in [1.29, 1.82) is 0 Å². The summed E-state index contributed by atoms with van der Waals surface area (Å²) in [5.74, 6) is 1.02. The summed E-state index contributed by atoms with van der Waals surface area (Å²) in [5, 5.41) is 6.11. The Morgan fingerprint density at radius 3 is 2.81 bits per heavy atom. The third-order valence-corrected chi connectivity index (χ3v) is 2.76. The molecule has 2 N–H and O–H groups in total. The molecule has 1 aromatic heterocycles. The number of hydrogen-bond donors (Lipinski definition) is 2. The lowest BCUT2D eigenvalue weighted by molar-refractivity contribution is 0.0508. The zero-order chi connectivity index (χ0) is 15.9. The Morgan fingerprint density at radius 2 is 2.19 bits per heavy atom. The van der Waals surface area contributed by atoms with Crippen LogP contribution in [0.15, 0.2) is 12.4 Å². The lowest BCUT2D eigenvalue weighted by atomic mass is 10.2. The second-order valence-electron chi connectivity index (χ2n) is 6.22. The molecule has 1 aromatic rings. The molecule has 1 atom stereocenters. The number of amides is 1. The lowest BCUT2D eigenvalue weighted by Gasteiger charge is -2.22. The first-order chi connectivity index (χ1) is 9.81. The van der Waals surface area contributed by atoms with Crippen LogP contribution in [0, 0.1) is 0 Å². The van der Waals surface area contributed by atoms with E-state index in [1.807, 2.05) is 40.1 Å². The van der Waals surface area contributed by atoms with Crippen LogP contribution in [-0.4, -0.2) is 33.8 Å². The van der Waals surface area contributed by atoms with Gasteiger partial charge in [-0.05, 0) is 34.1 Å². The predicted octanol–water partition coefficient (Wildman–Crippen LogP) is 2.30. The Bertz CT molecular complexity index is 437.